The van der Waals surface area contributed by atoms with Gasteiger partial charge in [-0.1, -0.05) is 55.3 Å². The van der Waals surface area contributed by atoms with E-state index in [0.717, 1.165) is 29.2 Å². The molecule has 1 saturated carbocycles. The molecule has 0 unspecified atom stereocenters. The minimum absolute atomic E-state index is 0.0473. The molecule has 0 spiro atoms. The standard InChI is InChI=1S/C33H39N7O5/c1-33(2)17-21(30(43)40-33)16-24(28(34)41)38-32(45)25(14-18-10-11-18)39-31(44)23(26-27(29(35)42)37-13-12-36-26)15-20-8-5-7-19-6-3-4-9-22(19)20/h3-9,12-13,18,21,23-25H,10-11,14-17H2,1-2H3,(H2,34,41)(H2,35,42)(H,38,45)(H,39,44)(H,40,43)/t21-,23+,24+,25+/m1/s1. The second kappa shape index (κ2) is 13.0. The predicted molar refractivity (Wildman–Crippen MR) is 166 cm³/mol. The fraction of sp³-hybridized carbons (Fsp3) is 0.424. The summed E-state index contributed by atoms with van der Waals surface area (Å²) in [7, 11) is 0. The van der Waals surface area contributed by atoms with Gasteiger partial charge in [-0.15, -0.1) is 0 Å². The van der Waals surface area contributed by atoms with Crippen LogP contribution in [0.4, 0.5) is 0 Å². The third kappa shape index (κ3) is 7.62. The lowest BCUT2D eigenvalue weighted by Gasteiger charge is -2.25. The lowest BCUT2D eigenvalue weighted by atomic mass is 9.90. The van der Waals surface area contributed by atoms with Crippen LogP contribution in [0.3, 0.4) is 0 Å². The summed E-state index contributed by atoms with van der Waals surface area (Å²) in [5.41, 5.74) is 11.7. The van der Waals surface area contributed by atoms with E-state index < -0.39 is 53.1 Å². The number of nitrogens with zero attached hydrogens (tertiary/aromatic N) is 2. The smallest absolute Gasteiger partial charge is 0.269 e. The predicted octanol–water partition coefficient (Wildman–Crippen LogP) is 1.61. The molecule has 1 saturated heterocycles. The molecule has 2 heterocycles. The van der Waals surface area contributed by atoms with Gasteiger partial charge in [0.15, 0.2) is 0 Å². The molecule has 2 fully saturated rings. The van der Waals surface area contributed by atoms with E-state index in [1.54, 1.807) is 0 Å². The van der Waals surface area contributed by atoms with Gasteiger partial charge in [-0.05, 0) is 61.8 Å². The number of nitrogens with two attached hydrogens (primary N) is 2. The maximum Gasteiger partial charge on any atom is 0.269 e. The largest absolute Gasteiger partial charge is 0.368 e. The number of primary amides is 2. The number of benzene rings is 2. The number of carbonyl (C=O) groups is 5. The zero-order valence-corrected chi connectivity index (χ0v) is 25.4. The van der Waals surface area contributed by atoms with Crippen molar-refractivity contribution in [2.45, 2.75) is 75.9 Å². The number of rotatable bonds is 13. The van der Waals surface area contributed by atoms with Crippen LogP contribution in [-0.2, 0) is 25.6 Å². The van der Waals surface area contributed by atoms with Crippen molar-refractivity contribution in [2.75, 3.05) is 0 Å². The highest BCUT2D eigenvalue weighted by Gasteiger charge is 2.41. The van der Waals surface area contributed by atoms with Crippen molar-refractivity contribution in [3.8, 4) is 0 Å². The van der Waals surface area contributed by atoms with Crippen molar-refractivity contribution >= 4 is 40.3 Å². The highest BCUT2D eigenvalue weighted by Crippen LogP contribution is 2.34. The number of hydrogen-bond donors (Lipinski definition) is 5. The molecule has 1 aliphatic heterocycles. The van der Waals surface area contributed by atoms with Gasteiger partial charge in [0, 0.05) is 23.9 Å². The summed E-state index contributed by atoms with van der Waals surface area (Å²) in [6, 6.07) is 11.4. The fourth-order valence-corrected chi connectivity index (χ4v) is 6.18. The van der Waals surface area contributed by atoms with Crippen molar-refractivity contribution in [3.05, 3.63) is 71.8 Å². The number of carbonyl (C=O) groups excluding carboxylic acids is 5. The average molecular weight is 614 g/mol. The van der Waals surface area contributed by atoms with Crippen molar-refractivity contribution < 1.29 is 24.0 Å². The number of hydrogen-bond acceptors (Lipinski definition) is 7. The van der Waals surface area contributed by atoms with Crippen LogP contribution in [0, 0.1) is 11.8 Å². The maximum atomic E-state index is 14.1. The van der Waals surface area contributed by atoms with E-state index >= 15 is 0 Å². The van der Waals surface area contributed by atoms with Gasteiger partial charge in [0.1, 0.15) is 17.8 Å². The maximum absolute atomic E-state index is 14.1. The zero-order chi connectivity index (χ0) is 32.3. The SMILES string of the molecule is CC1(C)C[C@@H](C[C@H](NC(=O)[C@H](CC2CC2)NC(=O)[C@@H](Cc2cccc3ccccc23)c2nccnc2C(N)=O)C(N)=O)C(=O)N1. The normalized spacial score (nSPS) is 19.2. The van der Waals surface area contributed by atoms with E-state index in [2.05, 4.69) is 25.9 Å². The summed E-state index contributed by atoms with van der Waals surface area (Å²) >= 11 is 0. The van der Waals surface area contributed by atoms with Crippen LogP contribution in [0.15, 0.2) is 54.9 Å². The average Bonchev–Trinajstić information content (AvgIpc) is 3.77. The molecule has 7 N–H and O–H groups in total. The van der Waals surface area contributed by atoms with E-state index in [0.29, 0.717) is 12.8 Å². The molecule has 45 heavy (non-hydrogen) atoms. The molecule has 236 valence electrons. The van der Waals surface area contributed by atoms with Gasteiger partial charge in [0.05, 0.1) is 11.6 Å². The monoisotopic (exact) mass is 613 g/mol. The fourth-order valence-electron chi connectivity index (χ4n) is 6.18. The first-order valence-electron chi connectivity index (χ1n) is 15.2. The number of aromatic nitrogens is 2. The Kier molecular flexibility index (Phi) is 9.12. The van der Waals surface area contributed by atoms with Crippen LogP contribution in [0.1, 0.15) is 73.6 Å². The van der Waals surface area contributed by atoms with Crippen LogP contribution in [0.5, 0.6) is 0 Å². The summed E-state index contributed by atoms with van der Waals surface area (Å²) in [4.78, 5) is 73.5. The lowest BCUT2D eigenvalue weighted by molar-refractivity contribution is -0.132. The third-order valence-electron chi connectivity index (χ3n) is 8.58. The van der Waals surface area contributed by atoms with Crippen LogP contribution < -0.4 is 27.4 Å². The van der Waals surface area contributed by atoms with Crippen molar-refractivity contribution in [1.82, 2.24) is 25.9 Å². The first-order chi connectivity index (χ1) is 21.4. The van der Waals surface area contributed by atoms with Crippen molar-refractivity contribution in [3.63, 3.8) is 0 Å². The van der Waals surface area contributed by atoms with E-state index in [9.17, 15) is 24.0 Å². The summed E-state index contributed by atoms with van der Waals surface area (Å²) in [6.45, 7) is 3.78. The summed E-state index contributed by atoms with van der Waals surface area (Å²) in [5, 5.41) is 10.4. The molecule has 4 atom stereocenters. The Morgan fingerprint density at radius 1 is 0.933 bits per heavy atom. The van der Waals surface area contributed by atoms with Crippen LogP contribution in [0.25, 0.3) is 10.8 Å². The first-order valence-corrected chi connectivity index (χ1v) is 15.2. The van der Waals surface area contributed by atoms with Crippen LogP contribution in [-0.4, -0.2) is 57.1 Å². The van der Waals surface area contributed by atoms with Crippen molar-refractivity contribution in [2.24, 2.45) is 23.3 Å². The lowest BCUT2D eigenvalue weighted by Crippen LogP contribution is -2.54. The van der Waals surface area contributed by atoms with E-state index in [-0.39, 0.29) is 36.1 Å². The Bertz CT molecular complexity index is 1630. The molecule has 5 amide bonds. The number of fused-ring (bicyclic) bond motifs is 1. The third-order valence-corrected chi connectivity index (χ3v) is 8.58. The van der Waals surface area contributed by atoms with Gasteiger partial charge in [0.2, 0.25) is 23.6 Å². The molecule has 3 aromatic rings. The van der Waals surface area contributed by atoms with E-state index in [1.807, 2.05) is 56.3 Å². The minimum Gasteiger partial charge on any atom is -0.368 e. The number of amides is 5. The molecule has 0 bridgehead atoms. The molecular formula is C33H39N7O5. The van der Waals surface area contributed by atoms with Gasteiger partial charge >= 0.3 is 0 Å². The Morgan fingerprint density at radius 3 is 2.29 bits per heavy atom. The van der Waals surface area contributed by atoms with Gasteiger partial charge < -0.3 is 27.4 Å². The second-order valence-corrected chi connectivity index (χ2v) is 12.8. The van der Waals surface area contributed by atoms with Gasteiger partial charge in [-0.2, -0.15) is 0 Å². The molecule has 12 nitrogen and oxygen atoms in total. The molecule has 0 radical (unpaired) electrons. The molecule has 2 aromatic carbocycles. The number of nitrogens with one attached hydrogen (secondary N) is 3. The molecule has 1 aliphatic carbocycles. The van der Waals surface area contributed by atoms with Crippen LogP contribution in [0.2, 0.25) is 0 Å². The molecule has 12 heteroatoms. The van der Waals surface area contributed by atoms with Gasteiger partial charge in [-0.25, -0.2) is 4.98 Å². The quantitative estimate of drug-likeness (QED) is 0.193. The summed E-state index contributed by atoms with van der Waals surface area (Å²) in [5.74, 6) is -4.20. The Hall–Kier alpha value is -4.87. The summed E-state index contributed by atoms with van der Waals surface area (Å²) < 4.78 is 0. The van der Waals surface area contributed by atoms with Gasteiger partial charge in [-0.3, -0.25) is 29.0 Å². The molecule has 1 aromatic heterocycles. The first kappa shape index (κ1) is 31.6. The molecule has 2 aliphatic rings. The Morgan fingerprint density at radius 2 is 1.62 bits per heavy atom. The van der Waals surface area contributed by atoms with Gasteiger partial charge in [0.25, 0.3) is 5.91 Å². The summed E-state index contributed by atoms with van der Waals surface area (Å²) in [6.07, 6.45) is 5.57. The van der Waals surface area contributed by atoms with Crippen molar-refractivity contribution in [1.29, 1.82) is 0 Å². The van der Waals surface area contributed by atoms with Crippen LogP contribution >= 0.6 is 0 Å². The zero-order valence-electron chi connectivity index (χ0n) is 25.4. The Balaban J connectivity index is 1.41. The highest BCUT2D eigenvalue weighted by molar-refractivity contribution is 5.97. The molecule has 5 rings (SSSR count). The topological polar surface area (TPSA) is 199 Å². The van der Waals surface area contributed by atoms with E-state index in [4.69, 9.17) is 11.5 Å². The highest BCUT2D eigenvalue weighted by atomic mass is 16.2. The minimum atomic E-state index is -1.10. The molecular weight excluding hydrogens is 574 g/mol. The Labute approximate surface area is 261 Å². The van der Waals surface area contributed by atoms with E-state index in [1.165, 1.54) is 12.4 Å². The second-order valence-electron chi connectivity index (χ2n) is 12.8.